The van der Waals surface area contributed by atoms with Crippen LogP contribution in [0, 0.1) is 6.92 Å². The molecule has 0 aliphatic carbocycles. The number of amides is 2. The van der Waals surface area contributed by atoms with Crippen molar-refractivity contribution in [1.82, 2.24) is 5.32 Å². The summed E-state index contributed by atoms with van der Waals surface area (Å²) >= 11 is 1.63. The number of rotatable bonds is 6. The molecule has 2 aromatic rings. The lowest BCUT2D eigenvalue weighted by Gasteiger charge is -2.25. The summed E-state index contributed by atoms with van der Waals surface area (Å²) in [6.45, 7) is 3.15. The van der Waals surface area contributed by atoms with Gasteiger partial charge in [0.1, 0.15) is 13.2 Å². The van der Waals surface area contributed by atoms with Crippen LogP contribution in [0.2, 0.25) is 0 Å². The number of carbonyl (C=O) groups excluding carboxylic acids is 2. The van der Waals surface area contributed by atoms with Gasteiger partial charge in [0.15, 0.2) is 11.5 Å². The van der Waals surface area contributed by atoms with Crippen LogP contribution in [0.4, 0.5) is 5.69 Å². The highest BCUT2D eigenvalue weighted by atomic mass is 35.5. The third-order valence-corrected chi connectivity index (χ3v) is 4.86. The molecule has 7 nitrogen and oxygen atoms in total. The van der Waals surface area contributed by atoms with Gasteiger partial charge in [0.05, 0.1) is 19.6 Å². The second-order valence-corrected chi connectivity index (χ2v) is 7.17. The van der Waals surface area contributed by atoms with E-state index in [0.717, 1.165) is 4.88 Å². The summed E-state index contributed by atoms with van der Waals surface area (Å²) in [7, 11) is 0. The highest BCUT2D eigenvalue weighted by Gasteiger charge is 2.21. The zero-order chi connectivity index (χ0) is 18.5. The molecule has 0 spiro atoms. The third kappa shape index (κ3) is 5.35. The van der Waals surface area contributed by atoms with Gasteiger partial charge in [-0.15, -0.1) is 23.7 Å². The Morgan fingerprint density at radius 3 is 2.59 bits per heavy atom. The van der Waals surface area contributed by atoms with Gasteiger partial charge < -0.3 is 25.4 Å². The first-order valence-electron chi connectivity index (χ1n) is 8.29. The molecule has 0 bridgehead atoms. The predicted molar refractivity (Wildman–Crippen MR) is 107 cm³/mol. The minimum Gasteiger partial charge on any atom is -0.486 e. The molecule has 0 saturated heterocycles. The smallest absolute Gasteiger partial charge is 0.246 e. The number of fused-ring (bicyclic) bond motifs is 1. The molecule has 1 aromatic heterocycles. The van der Waals surface area contributed by atoms with Gasteiger partial charge in [-0.25, -0.2) is 0 Å². The van der Waals surface area contributed by atoms with E-state index in [0.29, 0.717) is 36.9 Å². The molecule has 0 atom stereocenters. The summed E-state index contributed by atoms with van der Waals surface area (Å²) in [6.07, 6.45) is 0. The summed E-state index contributed by atoms with van der Waals surface area (Å²) in [4.78, 5) is 28.0. The van der Waals surface area contributed by atoms with E-state index in [2.05, 4.69) is 5.32 Å². The molecule has 0 unspecified atom stereocenters. The van der Waals surface area contributed by atoms with Crippen LogP contribution in [0.1, 0.15) is 9.75 Å². The van der Waals surface area contributed by atoms with Gasteiger partial charge in [0.2, 0.25) is 11.8 Å². The maximum Gasteiger partial charge on any atom is 0.246 e. The second kappa shape index (κ2) is 9.59. The standard InChI is InChI=1S/C18H21N3O4S.ClH/c1-12-2-4-14(26-12)11-21(18(23)10-20-17(22)9-19)13-3-5-15-16(8-13)25-7-6-24-15;/h2-5,8H,6-7,9-11,19H2,1H3,(H,20,22);1H. The molecule has 1 aromatic carbocycles. The molecule has 3 rings (SSSR count). The number of halogens is 1. The number of nitrogens with two attached hydrogens (primary N) is 1. The zero-order valence-corrected chi connectivity index (χ0v) is 16.5. The molecule has 1 aliphatic rings. The average Bonchev–Trinajstić information content (AvgIpc) is 3.08. The average molecular weight is 412 g/mol. The zero-order valence-electron chi connectivity index (χ0n) is 14.9. The molecule has 0 radical (unpaired) electrons. The Kier molecular flexibility index (Phi) is 7.46. The first-order chi connectivity index (χ1) is 12.6. The Morgan fingerprint density at radius 1 is 1.19 bits per heavy atom. The van der Waals surface area contributed by atoms with Crippen molar-refractivity contribution in [1.29, 1.82) is 0 Å². The van der Waals surface area contributed by atoms with Gasteiger partial charge >= 0.3 is 0 Å². The summed E-state index contributed by atoms with van der Waals surface area (Å²) in [5, 5.41) is 2.53. The van der Waals surface area contributed by atoms with E-state index in [1.807, 2.05) is 25.1 Å². The summed E-state index contributed by atoms with van der Waals surface area (Å²) in [5.74, 6) is 0.678. The minimum atomic E-state index is -0.368. The van der Waals surface area contributed by atoms with Crippen LogP contribution in [0.5, 0.6) is 11.5 Å². The maximum absolute atomic E-state index is 12.7. The fraction of sp³-hybridized carbons (Fsp3) is 0.333. The molecule has 2 amide bonds. The van der Waals surface area contributed by atoms with E-state index in [-0.39, 0.29) is 37.3 Å². The number of ether oxygens (including phenoxy) is 2. The number of carbonyl (C=O) groups is 2. The van der Waals surface area contributed by atoms with Crippen LogP contribution in [0.3, 0.4) is 0 Å². The first kappa shape index (κ1) is 21.0. The van der Waals surface area contributed by atoms with Crippen molar-refractivity contribution < 1.29 is 19.1 Å². The molecule has 146 valence electrons. The van der Waals surface area contributed by atoms with Gasteiger partial charge in [-0.2, -0.15) is 0 Å². The normalized spacial score (nSPS) is 12.1. The molecule has 0 saturated carbocycles. The van der Waals surface area contributed by atoms with Crippen molar-refractivity contribution in [2.24, 2.45) is 5.73 Å². The fourth-order valence-corrected chi connectivity index (χ4v) is 3.47. The van der Waals surface area contributed by atoms with Gasteiger partial charge in [-0.1, -0.05) is 0 Å². The lowest BCUT2D eigenvalue weighted by Crippen LogP contribution is -2.41. The molecule has 9 heteroatoms. The molecular weight excluding hydrogens is 390 g/mol. The van der Waals surface area contributed by atoms with E-state index >= 15 is 0 Å². The van der Waals surface area contributed by atoms with Crippen LogP contribution < -0.4 is 25.4 Å². The second-order valence-electron chi connectivity index (χ2n) is 5.80. The van der Waals surface area contributed by atoms with E-state index in [1.165, 1.54) is 4.88 Å². The quantitative estimate of drug-likeness (QED) is 0.756. The fourth-order valence-electron chi connectivity index (χ4n) is 2.59. The van der Waals surface area contributed by atoms with Crippen LogP contribution in [-0.4, -0.2) is 38.1 Å². The minimum absolute atomic E-state index is 0. The maximum atomic E-state index is 12.7. The molecule has 3 N–H and O–H groups in total. The van der Waals surface area contributed by atoms with Crippen molar-refractivity contribution in [3.8, 4) is 11.5 Å². The van der Waals surface area contributed by atoms with Crippen LogP contribution in [0.15, 0.2) is 30.3 Å². The summed E-state index contributed by atoms with van der Waals surface area (Å²) in [6, 6.07) is 9.41. The number of anilines is 1. The van der Waals surface area contributed by atoms with Gasteiger partial charge in [0, 0.05) is 21.5 Å². The van der Waals surface area contributed by atoms with Crippen LogP contribution in [-0.2, 0) is 16.1 Å². The Balaban J connectivity index is 0.00000261. The lowest BCUT2D eigenvalue weighted by molar-refractivity contribution is -0.124. The number of nitrogens with zero attached hydrogens (tertiary/aromatic N) is 1. The monoisotopic (exact) mass is 411 g/mol. The highest BCUT2D eigenvalue weighted by Crippen LogP contribution is 2.34. The van der Waals surface area contributed by atoms with Gasteiger partial charge in [0.25, 0.3) is 0 Å². The van der Waals surface area contributed by atoms with Crippen LogP contribution >= 0.6 is 23.7 Å². The van der Waals surface area contributed by atoms with Crippen LogP contribution in [0.25, 0.3) is 0 Å². The molecular formula is C18H22ClN3O4S. The SMILES string of the molecule is Cc1ccc(CN(C(=O)CNC(=O)CN)c2ccc3c(c2)OCCO3)s1.Cl. The number of aryl methyl sites for hydroxylation is 1. The van der Waals surface area contributed by atoms with Crippen molar-refractivity contribution >= 4 is 41.2 Å². The lowest BCUT2D eigenvalue weighted by atomic mass is 10.2. The Hall–Kier alpha value is -2.29. The number of hydrogen-bond donors (Lipinski definition) is 2. The third-order valence-electron chi connectivity index (χ3n) is 3.87. The van der Waals surface area contributed by atoms with E-state index < -0.39 is 0 Å². The Bertz CT molecular complexity index is 812. The molecule has 1 aliphatic heterocycles. The Morgan fingerprint density at radius 2 is 1.93 bits per heavy atom. The summed E-state index contributed by atoms with van der Waals surface area (Å²) in [5.41, 5.74) is 5.97. The summed E-state index contributed by atoms with van der Waals surface area (Å²) < 4.78 is 11.2. The van der Waals surface area contributed by atoms with Gasteiger partial charge in [-0.05, 0) is 31.2 Å². The van der Waals surface area contributed by atoms with E-state index in [1.54, 1.807) is 28.4 Å². The molecule has 0 fully saturated rings. The topological polar surface area (TPSA) is 93.9 Å². The number of benzene rings is 1. The van der Waals surface area contributed by atoms with Crippen molar-refractivity contribution in [2.45, 2.75) is 13.5 Å². The predicted octanol–water partition coefficient (Wildman–Crippen LogP) is 1.86. The number of thiophene rings is 1. The Labute approximate surface area is 167 Å². The van der Waals surface area contributed by atoms with Crippen molar-refractivity contribution in [3.63, 3.8) is 0 Å². The van der Waals surface area contributed by atoms with Crippen molar-refractivity contribution in [2.75, 3.05) is 31.2 Å². The van der Waals surface area contributed by atoms with Gasteiger partial charge in [-0.3, -0.25) is 9.59 Å². The number of nitrogens with one attached hydrogen (secondary N) is 1. The number of hydrogen-bond acceptors (Lipinski definition) is 6. The highest BCUT2D eigenvalue weighted by molar-refractivity contribution is 7.11. The van der Waals surface area contributed by atoms with Crippen molar-refractivity contribution in [3.05, 3.63) is 40.1 Å². The largest absolute Gasteiger partial charge is 0.486 e. The molecule has 2 heterocycles. The molecule has 27 heavy (non-hydrogen) atoms. The first-order valence-corrected chi connectivity index (χ1v) is 9.10. The van der Waals surface area contributed by atoms with E-state index in [9.17, 15) is 9.59 Å². The van der Waals surface area contributed by atoms with E-state index in [4.69, 9.17) is 15.2 Å².